The summed E-state index contributed by atoms with van der Waals surface area (Å²) in [6.45, 7) is 6.13. The number of benzene rings is 2. The number of allylic oxidation sites excluding steroid dienone is 1. The summed E-state index contributed by atoms with van der Waals surface area (Å²) in [5, 5.41) is 2.38. The number of ketones is 1. The molecule has 1 aromatic heterocycles. The molecule has 2 amide bonds. The molecule has 2 heterocycles. The zero-order chi connectivity index (χ0) is 23.5. The molecular weight excluding hydrogens is 434 g/mol. The predicted molar refractivity (Wildman–Crippen MR) is 132 cm³/mol. The summed E-state index contributed by atoms with van der Waals surface area (Å²) in [4.78, 5) is 45.1. The first kappa shape index (κ1) is 22.6. The van der Waals surface area contributed by atoms with Crippen LogP contribution >= 0.6 is 11.3 Å². The highest BCUT2D eigenvalue weighted by Crippen LogP contribution is 2.34. The fraction of sp³-hybridized carbons (Fsp3) is 0.231. The van der Waals surface area contributed by atoms with E-state index in [0.717, 1.165) is 28.9 Å². The van der Waals surface area contributed by atoms with Crippen molar-refractivity contribution in [3.8, 4) is 0 Å². The van der Waals surface area contributed by atoms with Crippen molar-refractivity contribution in [2.75, 3.05) is 16.3 Å². The molecule has 4 rings (SSSR count). The molecule has 0 atom stereocenters. The van der Waals surface area contributed by atoms with Crippen LogP contribution in [0.25, 0.3) is 6.08 Å². The molecule has 1 aliphatic heterocycles. The average Bonchev–Trinajstić information content (AvgIpc) is 3.43. The standard InChI is InChI=1S/C26H25N3O3S/c1-17-7-4-8-18(2)25(17)29(19(3)30)26-27-21(16-33-26)12-13-23(31)20-9-5-10-22(15-20)28-14-6-11-24(28)32/h4-5,7-10,12-13,15-16H,6,11,14H2,1-3H3. The monoisotopic (exact) mass is 459 g/mol. The molecule has 6 nitrogen and oxygen atoms in total. The van der Waals surface area contributed by atoms with Gasteiger partial charge in [-0.3, -0.25) is 19.3 Å². The molecule has 0 N–H and O–H groups in total. The van der Waals surface area contributed by atoms with Gasteiger partial charge in [0, 0.05) is 36.5 Å². The highest BCUT2D eigenvalue weighted by molar-refractivity contribution is 7.14. The zero-order valence-electron chi connectivity index (χ0n) is 18.9. The Morgan fingerprint density at radius 3 is 2.52 bits per heavy atom. The van der Waals surface area contributed by atoms with Gasteiger partial charge >= 0.3 is 0 Å². The lowest BCUT2D eigenvalue weighted by Crippen LogP contribution is -2.24. The lowest BCUT2D eigenvalue weighted by molar-refractivity contribution is -0.117. The SMILES string of the molecule is CC(=O)N(c1nc(C=CC(=O)c2cccc(N3CCCC3=O)c2)cs1)c1c(C)cccc1C. The van der Waals surface area contributed by atoms with Gasteiger partial charge in [-0.15, -0.1) is 11.3 Å². The lowest BCUT2D eigenvalue weighted by Gasteiger charge is -2.22. The number of anilines is 3. The summed E-state index contributed by atoms with van der Waals surface area (Å²) in [6, 6.07) is 13.0. The number of amides is 2. The molecule has 0 aliphatic carbocycles. The fourth-order valence-corrected chi connectivity index (χ4v) is 4.85. The molecule has 7 heteroatoms. The van der Waals surface area contributed by atoms with Gasteiger partial charge in [0.1, 0.15) is 0 Å². The number of aromatic nitrogens is 1. The highest BCUT2D eigenvalue weighted by atomic mass is 32.1. The Kier molecular flexibility index (Phi) is 6.51. The molecule has 0 saturated carbocycles. The van der Waals surface area contributed by atoms with Crippen molar-refractivity contribution in [1.29, 1.82) is 0 Å². The fourth-order valence-electron chi connectivity index (χ4n) is 4.01. The topological polar surface area (TPSA) is 70.6 Å². The van der Waals surface area contributed by atoms with E-state index in [4.69, 9.17) is 0 Å². The molecule has 1 fully saturated rings. The third kappa shape index (κ3) is 4.78. The number of hydrogen-bond acceptors (Lipinski definition) is 5. The number of nitrogens with zero attached hydrogens (tertiary/aromatic N) is 3. The molecule has 168 valence electrons. The third-order valence-electron chi connectivity index (χ3n) is 5.60. The minimum absolute atomic E-state index is 0.0871. The van der Waals surface area contributed by atoms with Crippen molar-refractivity contribution in [3.63, 3.8) is 0 Å². The number of rotatable bonds is 6. The predicted octanol–water partition coefficient (Wildman–Crippen LogP) is 5.47. The Morgan fingerprint density at radius 1 is 1.12 bits per heavy atom. The number of thiazole rings is 1. The summed E-state index contributed by atoms with van der Waals surface area (Å²) >= 11 is 1.35. The largest absolute Gasteiger partial charge is 0.312 e. The van der Waals surface area contributed by atoms with Crippen LogP contribution in [0.2, 0.25) is 0 Å². The van der Waals surface area contributed by atoms with Gasteiger partial charge in [-0.05, 0) is 55.7 Å². The van der Waals surface area contributed by atoms with E-state index in [2.05, 4.69) is 4.98 Å². The quantitative estimate of drug-likeness (QED) is 0.362. The number of para-hydroxylation sites is 1. The first-order valence-electron chi connectivity index (χ1n) is 10.8. The Labute approximate surface area is 197 Å². The number of hydrogen-bond donors (Lipinski definition) is 0. The third-order valence-corrected chi connectivity index (χ3v) is 6.44. The number of carbonyl (C=O) groups is 3. The second kappa shape index (κ2) is 9.50. The van der Waals surface area contributed by atoms with Crippen molar-refractivity contribution in [2.24, 2.45) is 0 Å². The molecule has 2 aromatic carbocycles. The van der Waals surface area contributed by atoms with Gasteiger partial charge in [-0.1, -0.05) is 30.3 Å². The Hall–Kier alpha value is -3.58. The van der Waals surface area contributed by atoms with Crippen LogP contribution in [0.3, 0.4) is 0 Å². The first-order valence-corrected chi connectivity index (χ1v) is 11.7. The molecule has 0 bridgehead atoms. The van der Waals surface area contributed by atoms with Crippen molar-refractivity contribution in [1.82, 2.24) is 4.98 Å². The summed E-state index contributed by atoms with van der Waals surface area (Å²) in [5.74, 6) is -0.207. The highest BCUT2D eigenvalue weighted by Gasteiger charge is 2.23. The van der Waals surface area contributed by atoms with Crippen molar-refractivity contribution >= 4 is 51.5 Å². The van der Waals surface area contributed by atoms with E-state index in [9.17, 15) is 14.4 Å². The zero-order valence-corrected chi connectivity index (χ0v) is 19.7. The molecular formula is C26H25N3O3S. The molecule has 0 unspecified atom stereocenters. The van der Waals surface area contributed by atoms with E-state index in [-0.39, 0.29) is 17.6 Å². The van der Waals surface area contributed by atoms with Crippen LogP contribution < -0.4 is 9.80 Å². The van der Waals surface area contributed by atoms with E-state index in [1.54, 1.807) is 34.1 Å². The number of aryl methyl sites for hydroxylation is 2. The average molecular weight is 460 g/mol. The van der Waals surface area contributed by atoms with Crippen molar-refractivity contribution < 1.29 is 14.4 Å². The van der Waals surface area contributed by atoms with Gasteiger partial charge in [-0.25, -0.2) is 4.98 Å². The maximum absolute atomic E-state index is 12.7. The Bertz CT molecular complexity index is 1240. The Morgan fingerprint density at radius 2 is 1.85 bits per heavy atom. The van der Waals surface area contributed by atoms with Gasteiger partial charge in [0.15, 0.2) is 10.9 Å². The molecule has 33 heavy (non-hydrogen) atoms. The van der Waals surface area contributed by atoms with Crippen LogP contribution in [-0.2, 0) is 9.59 Å². The summed E-state index contributed by atoms with van der Waals surface area (Å²) in [6.07, 6.45) is 4.51. The molecule has 1 aliphatic rings. The normalized spacial score (nSPS) is 13.7. The smallest absolute Gasteiger partial charge is 0.230 e. The second-order valence-corrected chi connectivity index (χ2v) is 8.88. The van der Waals surface area contributed by atoms with Gasteiger partial charge in [0.2, 0.25) is 11.8 Å². The van der Waals surface area contributed by atoms with Crippen molar-refractivity contribution in [3.05, 3.63) is 76.3 Å². The molecule has 0 spiro atoms. The Balaban J connectivity index is 1.55. The van der Waals surface area contributed by atoms with E-state index in [1.807, 2.05) is 43.5 Å². The van der Waals surface area contributed by atoms with Gasteiger partial charge in [0.25, 0.3) is 0 Å². The molecule has 3 aromatic rings. The van der Waals surface area contributed by atoms with Gasteiger partial charge < -0.3 is 4.90 Å². The summed E-state index contributed by atoms with van der Waals surface area (Å²) in [7, 11) is 0. The molecule has 1 saturated heterocycles. The van der Waals surface area contributed by atoms with Crippen LogP contribution in [0, 0.1) is 13.8 Å². The van der Waals surface area contributed by atoms with Crippen LogP contribution in [0.5, 0.6) is 0 Å². The first-order chi connectivity index (χ1) is 15.8. The van der Waals surface area contributed by atoms with Crippen LogP contribution in [-0.4, -0.2) is 29.1 Å². The lowest BCUT2D eigenvalue weighted by atomic mass is 10.1. The summed E-state index contributed by atoms with van der Waals surface area (Å²) < 4.78 is 0. The van der Waals surface area contributed by atoms with Crippen LogP contribution in [0.1, 0.15) is 46.9 Å². The van der Waals surface area contributed by atoms with Crippen LogP contribution in [0.15, 0.2) is 53.9 Å². The van der Waals surface area contributed by atoms with E-state index in [0.29, 0.717) is 29.4 Å². The minimum atomic E-state index is -0.170. The van der Waals surface area contributed by atoms with E-state index >= 15 is 0 Å². The van der Waals surface area contributed by atoms with E-state index in [1.165, 1.54) is 24.3 Å². The van der Waals surface area contributed by atoms with E-state index < -0.39 is 0 Å². The maximum Gasteiger partial charge on any atom is 0.230 e. The maximum atomic E-state index is 12.7. The molecule has 0 radical (unpaired) electrons. The minimum Gasteiger partial charge on any atom is -0.312 e. The van der Waals surface area contributed by atoms with Gasteiger partial charge in [0.05, 0.1) is 11.4 Å². The van der Waals surface area contributed by atoms with Gasteiger partial charge in [-0.2, -0.15) is 0 Å². The van der Waals surface area contributed by atoms with Crippen LogP contribution in [0.4, 0.5) is 16.5 Å². The number of carbonyl (C=O) groups excluding carboxylic acids is 3. The second-order valence-electron chi connectivity index (χ2n) is 8.05. The van der Waals surface area contributed by atoms with Crippen molar-refractivity contribution in [2.45, 2.75) is 33.6 Å². The summed E-state index contributed by atoms with van der Waals surface area (Å²) in [5.41, 5.74) is 4.68.